The fourth-order valence-electron chi connectivity index (χ4n) is 1.89. The second-order valence-electron chi connectivity index (χ2n) is 5.21. The van der Waals surface area contributed by atoms with Crippen LogP contribution < -0.4 is 15.6 Å². The molecule has 0 fully saturated rings. The molecule has 2 aromatic carbocycles. The highest BCUT2D eigenvalue weighted by molar-refractivity contribution is 5.85. The number of nitrogens with one attached hydrogen (secondary N) is 2. The molecule has 25 heavy (non-hydrogen) atoms. The number of rotatable bonds is 7. The number of halogens is 1. The summed E-state index contributed by atoms with van der Waals surface area (Å²) in [5.74, 6) is -1.73. The zero-order chi connectivity index (χ0) is 18.1. The lowest BCUT2D eigenvalue weighted by atomic mass is 10.2. The quantitative estimate of drug-likeness (QED) is 0.752. The number of hydrogen-bond acceptors (Lipinski definition) is 4. The molecule has 0 saturated heterocycles. The van der Waals surface area contributed by atoms with Crippen molar-refractivity contribution in [3.8, 4) is 5.75 Å². The highest BCUT2D eigenvalue weighted by Gasteiger charge is 2.17. The molecule has 0 aliphatic carbocycles. The van der Waals surface area contributed by atoms with Crippen molar-refractivity contribution in [1.82, 2.24) is 10.9 Å². The van der Waals surface area contributed by atoms with Crippen LogP contribution in [0.5, 0.6) is 5.75 Å². The van der Waals surface area contributed by atoms with Gasteiger partial charge in [0.2, 0.25) is 0 Å². The largest absolute Gasteiger partial charge is 0.478 e. The predicted octanol–water partition coefficient (Wildman–Crippen LogP) is 1.96. The highest BCUT2D eigenvalue weighted by Crippen LogP contribution is 2.16. The van der Waals surface area contributed by atoms with Gasteiger partial charge in [-0.1, -0.05) is 42.5 Å². The van der Waals surface area contributed by atoms with Gasteiger partial charge in [0.1, 0.15) is 6.61 Å². The minimum atomic E-state index is -0.984. The third-order valence-electron chi connectivity index (χ3n) is 3.18. The number of ether oxygens (including phenoxy) is 2. The average molecular weight is 346 g/mol. The SMILES string of the molecule is CC(Oc1ccccc1F)C(=O)NNC(=O)COCc1ccccc1. The zero-order valence-corrected chi connectivity index (χ0v) is 13.7. The first kappa shape index (κ1) is 18.4. The number of carbonyl (C=O) groups is 2. The Balaban J connectivity index is 1.68. The molecule has 6 nitrogen and oxygen atoms in total. The number of hydrazine groups is 1. The lowest BCUT2D eigenvalue weighted by Crippen LogP contribution is -2.48. The van der Waals surface area contributed by atoms with E-state index in [-0.39, 0.29) is 19.0 Å². The topological polar surface area (TPSA) is 76.7 Å². The van der Waals surface area contributed by atoms with Gasteiger partial charge in [0.05, 0.1) is 6.61 Å². The molecule has 0 saturated carbocycles. The standard InChI is InChI=1S/C18H19FN2O4/c1-13(25-16-10-6-5-9-15(16)19)18(23)21-20-17(22)12-24-11-14-7-3-2-4-8-14/h2-10,13H,11-12H2,1H3,(H,20,22)(H,21,23). The summed E-state index contributed by atoms with van der Waals surface area (Å²) in [6, 6.07) is 15.1. The van der Waals surface area contributed by atoms with Gasteiger partial charge in [-0.25, -0.2) is 4.39 Å². The van der Waals surface area contributed by atoms with Crippen molar-refractivity contribution in [2.45, 2.75) is 19.6 Å². The molecule has 1 unspecified atom stereocenters. The normalized spacial score (nSPS) is 11.4. The number of hydrogen-bond donors (Lipinski definition) is 2. The van der Waals surface area contributed by atoms with Crippen molar-refractivity contribution >= 4 is 11.8 Å². The van der Waals surface area contributed by atoms with Crippen LogP contribution in [0.15, 0.2) is 54.6 Å². The van der Waals surface area contributed by atoms with E-state index in [0.717, 1.165) is 5.56 Å². The lowest BCUT2D eigenvalue weighted by molar-refractivity contribution is -0.134. The van der Waals surface area contributed by atoms with Gasteiger partial charge >= 0.3 is 0 Å². The molecule has 0 aromatic heterocycles. The Morgan fingerprint density at radius 2 is 1.72 bits per heavy atom. The average Bonchev–Trinajstić information content (AvgIpc) is 2.62. The van der Waals surface area contributed by atoms with Crippen LogP contribution in [0.3, 0.4) is 0 Å². The highest BCUT2D eigenvalue weighted by atomic mass is 19.1. The zero-order valence-electron chi connectivity index (χ0n) is 13.7. The maximum Gasteiger partial charge on any atom is 0.279 e. The Morgan fingerprint density at radius 1 is 1.04 bits per heavy atom. The summed E-state index contributed by atoms with van der Waals surface area (Å²) in [6.45, 7) is 1.52. The van der Waals surface area contributed by atoms with Gasteiger partial charge < -0.3 is 9.47 Å². The van der Waals surface area contributed by atoms with E-state index in [4.69, 9.17) is 9.47 Å². The van der Waals surface area contributed by atoms with Gasteiger partial charge in [-0.2, -0.15) is 0 Å². The summed E-state index contributed by atoms with van der Waals surface area (Å²) in [5, 5.41) is 0. The molecular formula is C18H19FN2O4. The van der Waals surface area contributed by atoms with E-state index < -0.39 is 23.7 Å². The molecule has 2 aromatic rings. The summed E-state index contributed by atoms with van der Waals surface area (Å²) >= 11 is 0. The maximum atomic E-state index is 13.5. The van der Waals surface area contributed by atoms with Crippen molar-refractivity contribution in [3.63, 3.8) is 0 Å². The molecular weight excluding hydrogens is 327 g/mol. The van der Waals surface area contributed by atoms with Crippen molar-refractivity contribution in [1.29, 1.82) is 0 Å². The van der Waals surface area contributed by atoms with E-state index in [1.165, 1.54) is 25.1 Å². The second-order valence-corrected chi connectivity index (χ2v) is 5.21. The van der Waals surface area contributed by atoms with Crippen LogP contribution in [0.4, 0.5) is 4.39 Å². The molecule has 0 radical (unpaired) electrons. The minimum absolute atomic E-state index is 0.0392. The molecule has 2 rings (SSSR count). The Bertz CT molecular complexity index is 709. The summed E-state index contributed by atoms with van der Waals surface area (Å²) < 4.78 is 23.9. The molecule has 0 aliphatic heterocycles. The molecule has 0 heterocycles. The molecule has 7 heteroatoms. The minimum Gasteiger partial charge on any atom is -0.478 e. The van der Waals surface area contributed by atoms with Crippen LogP contribution in [0.2, 0.25) is 0 Å². The van der Waals surface area contributed by atoms with Crippen LogP contribution >= 0.6 is 0 Å². The van der Waals surface area contributed by atoms with Gasteiger partial charge in [0, 0.05) is 0 Å². The van der Waals surface area contributed by atoms with Crippen LogP contribution in [-0.4, -0.2) is 24.5 Å². The van der Waals surface area contributed by atoms with Crippen molar-refractivity contribution in [2.24, 2.45) is 0 Å². The lowest BCUT2D eigenvalue weighted by Gasteiger charge is -2.15. The summed E-state index contributed by atoms with van der Waals surface area (Å²) in [6.07, 6.45) is -0.984. The molecule has 0 spiro atoms. The fraction of sp³-hybridized carbons (Fsp3) is 0.222. The fourth-order valence-corrected chi connectivity index (χ4v) is 1.89. The van der Waals surface area contributed by atoms with Gasteiger partial charge in [0.15, 0.2) is 17.7 Å². The van der Waals surface area contributed by atoms with E-state index in [1.807, 2.05) is 30.3 Å². The van der Waals surface area contributed by atoms with E-state index in [0.29, 0.717) is 0 Å². The van der Waals surface area contributed by atoms with Crippen LogP contribution in [0.25, 0.3) is 0 Å². The van der Waals surface area contributed by atoms with E-state index in [9.17, 15) is 14.0 Å². The van der Waals surface area contributed by atoms with Crippen molar-refractivity contribution in [3.05, 3.63) is 66.0 Å². The Labute approximate surface area is 144 Å². The maximum absolute atomic E-state index is 13.5. The third-order valence-corrected chi connectivity index (χ3v) is 3.18. The molecule has 2 amide bonds. The summed E-state index contributed by atoms with van der Waals surface area (Å²) in [7, 11) is 0. The summed E-state index contributed by atoms with van der Waals surface area (Å²) in [5.41, 5.74) is 5.35. The summed E-state index contributed by atoms with van der Waals surface area (Å²) in [4.78, 5) is 23.5. The van der Waals surface area contributed by atoms with Crippen molar-refractivity contribution < 1.29 is 23.5 Å². The number of carbonyl (C=O) groups excluding carboxylic acids is 2. The Morgan fingerprint density at radius 3 is 2.44 bits per heavy atom. The molecule has 0 aliphatic rings. The number of amides is 2. The second kappa shape index (κ2) is 9.39. The van der Waals surface area contributed by atoms with Crippen LogP contribution in [-0.2, 0) is 20.9 Å². The Hall–Kier alpha value is -2.93. The Kier molecular flexibility index (Phi) is 6.91. The first-order valence-electron chi connectivity index (χ1n) is 7.68. The van der Waals surface area contributed by atoms with Gasteiger partial charge in [0.25, 0.3) is 11.8 Å². The number of benzene rings is 2. The van der Waals surface area contributed by atoms with Gasteiger partial charge in [-0.05, 0) is 24.6 Å². The molecule has 0 bridgehead atoms. The number of para-hydroxylation sites is 1. The molecule has 132 valence electrons. The van der Waals surface area contributed by atoms with Gasteiger partial charge in [-0.3, -0.25) is 20.4 Å². The monoisotopic (exact) mass is 346 g/mol. The van der Waals surface area contributed by atoms with Crippen molar-refractivity contribution in [2.75, 3.05) is 6.61 Å². The van der Waals surface area contributed by atoms with E-state index >= 15 is 0 Å². The first-order chi connectivity index (χ1) is 12.1. The third kappa shape index (κ3) is 6.23. The van der Waals surface area contributed by atoms with Gasteiger partial charge in [-0.15, -0.1) is 0 Å². The predicted molar refractivity (Wildman–Crippen MR) is 88.9 cm³/mol. The van der Waals surface area contributed by atoms with E-state index in [1.54, 1.807) is 6.07 Å². The molecule has 2 N–H and O–H groups in total. The van der Waals surface area contributed by atoms with Crippen LogP contribution in [0, 0.1) is 5.82 Å². The smallest absolute Gasteiger partial charge is 0.279 e. The molecule has 1 atom stereocenters. The van der Waals surface area contributed by atoms with E-state index in [2.05, 4.69) is 10.9 Å². The van der Waals surface area contributed by atoms with Crippen LogP contribution in [0.1, 0.15) is 12.5 Å². The first-order valence-corrected chi connectivity index (χ1v) is 7.68.